The summed E-state index contributed by atoms with van der Waals surface area (Å²) in [5.41, 5.74) is 5.85. The third-order valence-electron chi connectivity index (χ3n) is 13.2. The van der Waals surface area contributed by atoms with E-state index >= 15 is 0 Å². The molecule has 0 amide bonds. The van der Waals surface area contributed by atoms with Crippen LogP contribution in [0, 0.1) is 13.8 Å². The van der Waals surface area contributed by atoms with E-state index in [9.17, 15) is 0 Å². The second-order valence-corrected chi connectivity index (χ2v) is 32.1. The summed E-state index contributed by atoms with van der Waals surface area (Å²) in [6.45, 7) is 24.6. The SMILES string of the molecule is CCC[CH2][Sn]([CH2]CCC)([CH2]CCC)[C@@H]1CC(B2OC(C)(C)C(C)(C)O2)=C(c2ccccc2)C(B2OC(C)(C)C(C)(C)O2)=C1c1ccccc1.[CH3-].[CH]1C=CC=C1.[Co]. The predicted octanol–water partition coefficient (Wildman–Crippen LogP) is 13.5. The zero-order valence-electron chi connectivity index (χ0n) is 36.9. The zero-order chi connectivity index (χ0) is 39.2. The molecule has 2 radical (unpaired) electrons. The Morgan fingerprint density at radius 3 is 1.34 bits per heavy atom. The number of hydrogen-bond acceptors (Lipinski definition) is 4. The van der Waals surface area contributed by atoms with Crippen molar-refractivity contribution in [2.24, 2.45) is 0 Å². The van der Waals surface area contributed by atoms with E-state index < -0.39 is 55.0 Å². The molecule has 8 heteroatoms. The van der Waals surface area contributed by atoms with Gasteiger partial charge in [-0.05, 0) is 0 Å². The maximum Gasteiger partial charge on any atom is 0.00506 e. The first-order valence-corrected chi connectivity index (χ1v) is 28.8. The Bertz CT molecular complexity index is 1600. The Balaban J connectivity index is 0.00000111. The molecule has 2 fully saturated rings. The zero-order valence-corrected chi connectivity index (χ0v) is 40.8. The van der Waals surface area contributed by atoms with Gasteiger partial charge < -0.3 is 7.43 Å². The molecule has 2 aromatic carbocycles. The van der Waals surface area contributed by atoms with Crippen molar-refractivity contribution in [3.8, 4) is 0 Å². The molecule has 0 bridgehead atoms. The number of rotatable bonds is 14. The van der Waals surface area contributed by atoms with Crippen LogP contribution < -0.4 is 0 Å². The summed E-state index contributed by atoms with van der Waals surface area (Å²) in [5.74, 6) is 0. The van der Waals surface area contributed by atoms with Crippen molar-refractivity contribution < 1.29 is 35.4 Å². The third-order valence-corrected chi connectivity index (χ3v) is 30.4. The van der Waals surface area contributed by atoms with Crippen LogP contribution >= 0.6 is 0 Å². The summed E-state index contributed by atoms with van der Waals surface area (Å²) in [6.07, 6.45) is 18.6. The van der Waals surface area contributed by atoms with Crippen LogP contribution in [0.4, 0.5) is 0 Å². The van der Waals surface area contributed by atoms with Gasteiger partial charge in [0.25, 0.3) is 0 Å². The predicted molar refractivity (Wildman–Crippen MR) is 241 cm³/mol. The summed E-state index contributed by atoms with van der Waals surface area (Å²) in [7, 11) is -0.951. The molecule has 2 aliphatic carbocycles. The molecule has 4 nitrogen and oxygen atoms in total. The number of benzene rings is 2. The van der Waals surface area contributed by atoms with Gasteiger partial charge in [-0.1, -0.05) is 24.3 Å². The Kier molecular flexibility index (Phi) is 18.2. The summed E-state index contributed by atoms with van der Waals surface area (Å²) in [5, 5.41) is 0. The van der Waals surface area contributed by atoms with E-state index in [2.05, 4.69) is 137 Å². The summed E-state index contributed by atoms with van der Waals surface area (Å²) in [4.78, 5) is 0. The molecular weight excluding hydrogens is 840 g/mol. The molecule has 1 atom stereocenters. The number of hydrogen-bond donors (Lipinski definition) is 0. The van der Waals surface area contributed by atoms with Crippen LogP contribution in [0.3, 0.4) is 0 Å². The van der Waals surface area contributed by atoms with Gasteiger partial charge in [0.05, 0.1) is 0 Å². The van der Waals surface area contributed by atoms with Crippen LogP contribution in [0.1, 0.15) is 132 Å². The first kappa shape index (κ1) is 49.0. The molecule has 0 aromatic heterocycles. The van der Waals surface area contributed by atoms with Crippen molar-refractivity contribution in [3.05, 3.63) is 121 Å². The average molecular weight is 912 g/mol. The minimum atomic E-state index is -3.05. The van der Waals surface area contributed by atoms with Crippen LogP contribution in [0.5, 0.6) is 0 Å². The van der Waals surface area contributed by atoms with Gasteiger partial charge in [-0.15, -0.1) is 0 Å². The van der Waals surface area contributed by atoms with Crippen molar-refractivity contribution in [2.75, 3.05) is 0 Å². The molecule has 0 spiro atoms. The maximum absolute atomic E-state index is 7.13. The maximum atomic E-state index is 7.13. The van der Waals surface area contributed by atoms with E-state index in [4.69, 9.17) is 18.6 Å². The molecule has 0 N–H and O–H groups in total. The van der Waals surface area contributed by atoms with Crippen LogP contribution in [0.2, 0.25) is 17.2 Å². The third kappa shape index (κ3) is 10.7. The number of unbranched alkanes of at least 4 members (excludes halogenated alkanes) is 3. The molecule has 0 unspecified atom stereocenters. The minimum absolute atomic E-state index is 0. The van der Waals surface area contributed by atoms with Crippen LogP contribution in [-0.4, -0.2) is 55.0 Å². The van der Waals surface area contributed by atoms with Gasteiger partial charge in [0.2, 0.25) is 0 Å². The Labute approximate surface area is 358 Å². The molecule has 56 heavy (non-hydrogen) atoms. The largest absolute Gasteiger partial charge is 0.358 e. The van der Waals surface area contributed by atoms with E-state index in [1.54, 1.807) is 0 Å². The molecule has 2 aliphatic heterocycles. The van der Waals surface area contributed by atoms with Crippen molar-refractivity contribution in [3.63, 3.8) is 0 Å². The molecule has 2 saturated heterocycles. The standard InChI is InChI=1S/C30H37B2O4.C5H5.3C4H9.CH3.Co.Sn/c1-27(2)28(3,4)34-31(33-27)24-20-19-23(21-15-11-9-12-16-21)26(25(24)22-17-13-10-14-18-22)32-35-29(5,6)30(7,8)36-32;1-2-4-5-3-1;3*1-3-4-2;;;/h9-19H,20H2,1-8H3;1-5H;3*1,3-4H2,2H3;1H3;;/q;;;;;-1;;. The molecular formula is C48H72B2CoO4Sn-. The molecule has 2 heterocycles. The van der Waals surface area contributed by atoms with E-state index in [0.29, 0.717) is 3.93 Å². The quantitative estimate of drug-likeness (QED) is 0.140. The Hall–Kier alpha value is -1.32. The molecule has 308 valence electrons. The minimum Gasteiger partial charge on any atom is -0.358 e. The number of allylic oxidation sites excluding steroid dienone is 8. The molecule has 0 saturated carbocycles. The monoisotopic (exact) mass is 913 g/mol. The van der Waals surface area contributed by atoms with Crippen molar-refractivity contribution >= 4 is 43.8 Å². The first-order valence-electron chi connectivity index (χ1n) is 21.1. The smallest absolute Gasteiger partial charge is 0.00506 e. The molecule has 2 aromatic rings. The Morgan fingerprint density at radius 1 is 0.571 bits per heavy atom. The fourth-order valence-corrected chi connectivity index (χ4v) is 27.3. The Morgan fingerprint density at radius 2 is 0.964 bits per heavy atom. The van der Waals surface area contributed by atoms with Crippen molar-refractivity contribution in [1.29, 1.82) is 0 Å². The summed E-state index contributed by atoms with van der Waals surface area (Å²) >= 11 is -3.05. The van der Waals surface area contributed by atoms with Gasteiger partial charge in [-0.3, -0.25) is 0 Å². The summed E-state index contributed by atoms with van der Waals surface area (Å²) < 4.78 is 33.0. The normalized spacial score (nSPS) is 21.8. The van der Waals surface area contributed by atoms with Crippen molar-refractivity contribution in [2.45, 2.75) is 161 Å². The molecule has 4 aliphatic rings. The summed E-state index contributed by atoms with van der Waals surface area (Å²) in [6, 6.07) is 22.3. The van der Waals surface area contributed by atoms with Gasteiger partial charge in [-0.25, -0.2) is 0 Å². The average Bonchev–Trinajstić information content (AvgIpc) is 3.85. The molecule has 6 rings (SSSR count). The van der Waals surface area contributed by atoms with E-state index in [1.807, 2.05) is 30.7 Å². The van der Waals surface area contributed by atoms with Crippen molar-refractivity contribution in [1.82, 2.24) is 0 Å². The van der Waals surface area contributed by atoms with E-state index in [0.717, 1.165) is 6.42 Å². The van der Waals surface area contributed by atoms with Crippen LogP contribution in [0.25, 0.3) is 11.1 Å². The van der Waals surface area contributed by atoms with Crippen LogP contribution in [-0.2, 0) is 35.4 Å². The van der Waals surface area contributed by atoms with Gasteiger partial charge in [0, 0.05) is 23.2 Å². The fourth-order valence-electron chi connectivity index (χ4n) is 8.57. The first-order chi connectivity index (χ1) is 25.6. The van der Waals surface area contributed by atoms with Crippen LogP contribution in [0.15, 0.2) is 95.9 Å². The van der Waals surface area contributed by atoms with Gasteiger partial charge >= 0.3 is 306 Å². The second kappa shape index (κ2) is 20.8. The van der Waals surface area contributed by atoms with E-state index in [-0.39, 0.29) is 24.2 Å². The van der Waals surface area contributed by atoms with Gasteiger partial charge in [0.15, 0.2) is 0 Å². The van der Waals surface area contributed by atoms with E-state index in [1.165, 1.54) is 85.1 Å². The van der Waals surface area contributed by atoms with Gasteiger partial charge in [-0.2, -0.15) is 0 Å². The fraction of sp³-hybridized carbons (Fsp3) is 0.542. The second-order valence-electron chi connectivity index (χ2n) is 18.0. The topological polar surface area (TPSA) is 36.9 Å². The van der Waals surface area contributed by atoms with Gasteiger partial charge in [0.1, 0.15) is 0 Å².